The molecule has 3 N–H and O–H groups in total. The smallest absolute Gasteiger partial charge is 0.277 e. The summed E-state index contributed by atoms with van der Waals surface area (Å²) < 4.78 is 41.9. The average Bonchev–Trinajstić information content (AvgIpc) is 3.34. The van der Waals surface area contributed by atoms with Crippen molar-refractivity contribution in [2.45, 2.75) is 24.9 Å². The fraction of sp³-hybridized carbons (Fsp3) is 0.278. The van der Waals surface area contributed by atoms with Crippen molar-refractivity contribution < 1.29 is 27.9 Å². The lowest BCUT2D eigenvalue weighted by molar-refractivity contribution is 0.0120. The molecule has 0 saturated heterocycles. The highest BCUT2D eigenvalue weighted by Gasteiger charge is 2.39. The predicted molar refractivity (Wildman–Crippen MR) is 101 cm³/mol. The summed E-state index contributed by atoms with van der Waals surface area (Å²) in [7, 11) is 0. The first-order chi connectivity index (χ1) is 12.8. The first-order valence-electron chi connectivity index (χ1n) is 8.13. The molecule has 0 radical (unpaired) electrons. The van der Waals surface area contributed by atoms with Crippen molar-refractivity contribution in [2.75, 3.05) is 11.9 Å². The lowest BCUT2D eigenvalue weighted by atomic mass is 10.1. The van der Waals surface area contributed by atoms with E-state index in [1.54, 1.807) is 6.07 Å². The number of hydroxylamine groups is 1. The van der Waals surface area contributed by atoms with E-state index in [2.05, 4.69) is 10.8 Å². The van der Waals surface area contributed by atoms with Crippen LogP contribution in [0.25, 0.3) is 0 Å². The predicted octanol–water partition coefficient (Wildman–Crippen LogP) is 4.03. The summed E-state index contributed by atoms with van der Waals surface area (Å²) in [6.45, 7) is 0.0699. The molecule has 1 aliphatic carbocycles. The minimum Gasteiger partial charge on any atom is -0.390 e. The van der Waals surface area contributed by atoms with Gasteiger partial charge in [0, 0.05) is 16.1 Å². The van der Waals surface area contributed by atoms with Crippen LogP contribution in [0.3, 0.4) is 0 Å². The molecule has 1 saturated carbocycles. The second-order valence-corrected chi connectivity index (χ2v) is 7.56. The van der Waals surface area contributed by atoms with Crippen LogP contribution < -0.4 is 10.8 Å². The maximum atomic E-state index is 14.0. The molecule has 5 nitrogen and oxygen atoms in total. The summed E-state index contributed by atoms with van der Waals surface area (Å²) in [4.78, 5) is 17.3. The van der Waals surface area contributed by atoms with Crippen molar-refractivity contribution in [3.05, 3.63) is 56.9 Å². The van der Waals surface area contributed by atoms with E-state index in [9.17, 15) is 23.1 Å². The minimum absolute atomic E-state index is 0.00680. The van der Waals surface area contributed by atoms with Gasteiger partial charge in [-0.05, 0) is 59.7 Å². The number of aliphatic hydroxyl groups is 1. The van der Waals surface area contributed by atoms with Gasteiger partial charge in [-0.2, -0.15) is 0 Å². The number of anilines is 2. The van der Waals surface area contributed by atoms with Gasteiger partial charge in [0.1, 0.15) is 5.82 Å². The fourth-order valence-corrected chi connectivity index (χ4v) is 2.83. The molecule has 0 bridgehead atoms. The van der Waals surface area contributed by atoms with E-state index in [-0.39, 0.29) is 23.5 Å². The Balaban J connectivity index is 1.74. The summed E-state index contributed by atoms with van der Waals surface area (Å²) in [5.41, 5.74) is 1.03. The van der Waals surface area contributed by atoms with Crippen molar-refractivity contribution in [2.24, 2.45) is 0 Å². The Hall–Kier alpha value is -1.85. The number of hydrogen-bond acceptors (Lipinski definition) is 4. The molecule has 1 amide bonds. The number of nitrogens with one attached hydrogen (secondary N) is 2. The van der Waals surface area contributed by atoms with Gasteiger partial charge in [0.2, 0.25) is 0 Å². The second kappa shape index (κ2) is 8.03. The Morgan fingerprint density at radius 1 is 1.11 bits per heavy atom. The summed E-state index contributed by atoms with van der Waals surface area (Å²) in [5.74, 6) is -3.84. The van der Waals surface area contributed by atoms with Crippen molar-refractivity contribution in [3.8, 4) is 0 Å². The van der Waals surface area contributed by atoms with Crippen molar-refractivity contribution in [3.63, 3.8) is 0 Å². The SMILES string of the molecule is O=C(NOCCC1(O)CC1)c1cc(F)c(F)cc1Nc1ccc(I)cc1F. The van der Waals surface area contributed by atoms with Gasteiger partial charge in [-0.1, -0.05) is 0 Å². The highest BCUT2D eigenvalue weighted by Crippen LogP contribution is 2.38. The first-order valence-corrected chi connectivity index (χ1v) is 9.21. The van der Waals surface area contributed by atoms with Crippen molar-refractivity contribution >= 4 is 39.9 Å². The number of benzene rings is 2. The largest absolute Gasteiger partial charge is 0.390 e. The number of carbonyl (C=O) groups excluding carboxylic acids is 1. The lowest BCUT2D eigenvalue weighted by Crippen LogP contribution is -2.26. The van der Waals surface area contributed by atoms with Crippen LogP contribution in [0.1, 0.15) is 29.6 Å². The fourth-order valence-electron chi connectivity index (χ4n) is 2.38. The van der Waals surface area contributed by atoms with Crippen LogP contribution in [0.4, 0.5) is 24.5 Å². The molecule has 1 fully saturated rings. The molecular weight excluding hydrogens is 476 g/mol. The number of carbonyl (C=O) groups is 1. The average molecular weight is 492 g/mol. The zero-order valence-corrected chi connectivity index (χ0v) is 16.1. The summed E-state index contributed by atoms with van der Waals surface area (Å²) in [5, 5.41) is 12.3. The van der Waals surface area contributed by atoms with Crippen LogP contribution >= 0.6 is 22.6 Å². The standard InChI is InChI=1S/C18H16F3IN2O3/c19-12-8-11(17(25)24-27-6-5-18(26)3-4-18)16(9-13(12)20)23-15-2-1-10(22)7-14(15)21/h1-2,7-9,23,26H,3-6H2,(H,24,25). The quantitative estimate of drug-likeness (QED) is 0.310. The molecule has 0 heterocycles. The number of rotatable bonds is 7. The number of amides is 1. The molecule has 27 heavy (non-hydrogen) atoms. The maximum Gasteiger partial charge on any atom is 0.277 e. The molecule has 144 valence electrons. The molecule has 3 rings (SSSR count). The van der Waals surface area contributed by atoms with E-state index in [0.29, 0.717) is 28.9 Å². The van der Waals surface area contributed by atoms with E-state index in [0.717, 1.165) is 6.07 Å². The molecule has 0 aliphatic heterocycles. The Morgan fingerprint density at radius 2 is 1.81 bits per heavy atom. The van der Waals surface area contributed by atoms with Gasteiger partial charge in [-0.3, -0.25) is 9.63 Å². The summed E-state index contributed by atoms with van der Waals surface area (Å²) in [6.07, 6.45) is 1.72. The molecule has 0 unspecified atom stereocenters. The normalized spacial score (nSPS) is 14.7. The van der Waals surface area contributed by atoms with Gasteiger partial charge in [0.05, 0.1) is 29.1 Å². The van der Waals surface area contributed by atoms with Crippen molar-refractivity contribution in [1.82, 2.24) is 5.48 Å². The zero-order valence-electron chi connectivity index (χ0n) is 14.0. The maximum absolute atomic E-state index is 14.0. The topological polar surface area (TPSA) is 70.6 Å². The minimum atomic E-state index is -1.22. The van der Waals surface area contributed by atoms with E-state index in [1.807, 2.05) is 22.6 Å². The van der Waals surface area contributed by atoms with Crippen molar-refractivity contribution in [1.29, 1.82) is 0 Å². The molecule has 9 heteroatoms. The highest BCUT2D eigenvalue weighted by atomic mass is 127. The van der Waals surface area contributed by atoms with Gasteiger partial charge in [0.15, 0.2) is 11.6 Å². The Labute approximate surface area is 167 Å². The third kappa shape index (κ3) is 5.11. The van der Waals surface area contributed by atoms with Crippen LogP contribution in [-0.4, -0.2) is 23.2 Å². The van der Waals surface area contributed by atoms with Crippen LogP contribution in [0.2, 0.25) is 0 Å². The van der Waals surface area contributed by atoms with Crippen LogP contribution in [-0.2, 0) is 4.84 Å². The molecule has 1 aliphatic rings. The zero-order chi connectivity index (χ0) is 19.6. The van der Waals surface area contributed by atoms with Crippen LogP contribution in [0, 0.1) is 21.0 Å². The summed E-state index contributed by atoms with van der Waals surface area (Å²) in [6, 6.07) is 5.78. The molecule has 2 aromatic rings. The van der Waals surface area contributed by atoms with Crippen LogP contribution in [0.5, 0.6) is 0 Å². The number of halogens is 4. The number of hydrogen-bond donors (Lipinski definition) is 3. The third-order valence-electron chi connectivity index (χ3n) is 4.17. The van der Waals surface area contributed by atoms with Crippen LogP contribution in [0.15, 0.2) is 30.3 Å². The lowest BCUT2D eigenvalue weighted by Gasteiger charge is -2.14. The summed E-state index contributed by atoms with van der Waals surface area (Å²) >= 11 is 1.93. The van der Waals surface area contributed by atoms with E-state index < -0.39 is 29.0 Å². The molecule has 0 spiro atoms. The van der Waals surface area contributed by atoms with Gasteiger partial charge in [-0.15, -0.1) is 0 Å². The van der Waals surface area contributed by atoms with E-state index in [1.165, 1.54) is 12.1 Å². The molecule has 2 aromatic carbocycles. The Bertz CT molecular complexity index is 875. The molecule has 0 aromatic heterocycles. The highest BCUT2D eigenvalue weighted by molar-refractivity contribution is 14.1. The first kappa shape index (κ1) is 19.9. The Kier molecular flexibility index (Phi) is 5.92. The second-order valence-electron chi connectivity index (χ2n) is 6.32. The van der Waals surface area contributed by atoms with Gasteiger partial charge in [0.25, 0.3) is 5.91 Å². The molecular formula is C18H16F3IN2O3. The third-order valence-corrected chi connectivity index (χ3v) is 4.84. The monoisotopic (exact) mass is 492 g/mol. The van der Waals surface area contributed by atoms with Gasteiger partial charge < -0.3 is 10.4 Å². The molecule has 0 atom stereocenters. The van der Waals surface area contributed by atoms with Gasteiger partial charge in [-0.25, -0.2) is 18.7 Å². The van der Waals surface area contributed by atoms with E-state index in [4.69, 9.17) is 4.84 Å². The van der Waals surface area contributed by atoms with Gasteiger partial charge >= 0.3 is 0 Å². The van der Waals surface area contributed by atoms with E-state index >= 15 is 0 Å². The Morgan fingerprint density at radius 3 is 2.48 bits per heavy atom.